The van der Waals surface area contributed by atoms with Crippen LogP contribution in [-0.4, -0.2) is 55.5 Å². The Labute approximate surface area is 129 Å². The van der Waals surface area contributed by atoms with Crippen LogP contribution in [0.1, 0.15) is 12.6 Å². The van der Waals surface area contributed by atoms with Crippen molar-refractivity contribution in [1.82, 2.24) is 14.4 Å². The molecule has 1 fully saturated rings. The number of aromatic nitrogens is 1. The van der Waals surface area contributed by atoms with Gasteiger partial charge in [0.2, 0.25) is 10.9 Å². The van der Waals surface area contributed by atoms with E-state index in [0.717, 1.165) is 19.6 Å². The average Bonchev–Trinajstić information content (AvgIpc) is 3.16. The second-order valence-corrected chi connectivity index (χ2v) is 7.16. The van der Waals surface area contributed by atoms with Crippen molar-refractivity contribution in [2.45, 2.75) is 18.9 Å². The summed E-state index contributed by atoms with van der Waals surface area (Å²) < 4.78 is 37.2. The molecule has 1 aliphatic rings. The molecule has 0 aromatic carbocycles. The Morgan fingerprint density at radius 1 is 1.18 bits per heavy atom. The van der Waals surface area contributed by atoms with Gasteiger partial charge in [-0.15, -0.1) is 0 Å². The fourth-order valence-electron chi connectivity index (χ4n) is 2.48. The maximum absolute atomic E-state index is 12.6. The van der Waals surface area contributed by atoms with Crippen LogP contribution >= 0.6 is 0 Å². The lowest BCUT2D eigenvalue weighted by molar-refractivity contribution is 0.194. The molecule has 0 amide bonds. The van der Waals surface area contributed by atoms with Crippen molar-refractivity contribution in [2.24, 2.45) is 0 Å². The third-order valence-corrected chi connectivity index (χ3v) is 5.60. The summed E-state index contributed by atoms with van der Waals surface area (Å²) in [7, 11) is -3.60. The van der Waals surface area contributed by atoms with Crippen molar-refractivity contribution < 1.29 is 17.4 Å². The van der Waals surface area contributed by atoms with Gasteiger partial charge in [0.25, 0.3) is 10.0 Å². The summed E-state index contributed by atoms with van der Waals surface area (Å²) in [5.41, 5.74) is 0.714. The molecular formula is C14H19N3O4S. The van der Waals surface area contributed by atoms with Crippen molar-refractivity contribution in [2.75, 3.05) is 32.7 Å². The molecule has 2 aromatic rings. The van der Waals surface area contributed by atoms with Gasteiger partial charge in [0, 0.05) is 32.2 Å². The van der Waals surface area contributed by atoms with Crippen LogP contribution in [0.5, 0.6) is 0 Å². The quantitative estimate of drug-likeness (QED) is 0.849. The van der Waals surface area contributed by atoms with E-state index < -0.39 is 10.0 Å². The summed E-state index contributed by atoms with van der Waals surface area (Å²) in [6.45, 7) is 7.24. The van der Waals surface area contributed by atoms with E-state index in [1.165, 1.54) is 10.4 Å². The average molecular weight is 325 g/mol. The molecule has 0 aliphatic carbocycles. The summed E-state index contributed by atoms with van der Waals surface area (Å²) in [4.78, 5) is 2.22. The summed E-state index contributed by atoms with van der Waals surface area (Å²) in [6.07, 6.45) is 0. The molecule has 3 rings (SSSR count). The van der Waals surface area contributed by atoms with Crippen LogP contribution in [0.15, 0.2) is 32.2 Å². The lowest BCUT2D eigenvalue weighted by Gasteiger charge is -2.32. The molecule has 8 heteroatoms. The predicted octanol–water partition coefficient (Wildman–Crippen LogP) is 1.57. The Bertz CT molecular complexity index is 742. The summed E-state index contributed by atoms with van der Waals surface area (Å²) in [5.74, 6) is 0.793. The monoisotopic (exact) mass is 325 g/mol. The molecular weight excluding hydrogens is 306 g/mol. The maximum Gasteiger partial charge on any atom is 0.276 e. The van der Waals surface area contributed by atoms with Gasteiger partial charge in [-0.05, 0) is 25.6 Å². The fraction of sp³-hybridized carbons (Fsp3) is 0.500. The molecule has 1 saturated heterocycles. The lowest BCUT2D eigenvalue weighted by Crippen LogP contribution is -2.48. The van der Waals surface area contributed by atoms with E-state index in [-0.39, 0.29) is 5.09 Å². The van der Waals surface area contributed by atoms with Crippen molar-refractivity contribution in [3.8, 4) is 11.5 Å². The molecule has 0 bridgehead atoms. The first-order valence-corrected chi connectivity index (χ1v) is 8.70. The van der Waals surface area contributed by atoms with E-state index in [1.54, 1.807) is 19.1 Å². The SMILES string of the molecule is CCN1CCN(S(=O)(=O)c2ccc(-c3cc(C)no3)o2)CC1. The first-order valence-electron chi connectivity index (χ1n) is 7.26. The largest absolute Gasteiger partial charge is 0.440 e. The number of likely N-dealkylation sites (N-methyl/N-ethyl adjacent to an activating group) is 1. The Balaban J connectivity index is 1.80. The minimum atomic E-state index is -3.60. The zero-order valence-corrected chi connectivity index (χ0v) is 13.5. The zero-order chi connectivity index (χ0) is 15.7. The molecule has 0 atom stereocenters. The maximum atomic E-state index is 12.6. The minimum Gasteiger partial charge on any atom is -0.440 e. The Morgan fingerprint density at radius 2 is 1.91 bits per heavy atom. The van der Waals surface area contributed by atoms with Gasteiger partial charge in [0.15, 0.2) is 5.76 Å². The summed E-state index contributed by atoms with van der Waals surface area (Å²) in [6, 6.07) is 4.76. The molecule has 3 heterocycles. The van der Waals surface area contributed by atoms with Gasteiger partial charge in [-0.25, -0.2) is 8.42 Å². The van der Waals surface area contributed by atoms with Crippen LogP contribution in [0.25, 0.3) is 11.5 Å². The summed E-state index contributed by atoms with van der Waals surface area (Å²) >= 11 is 0. The van der Waals surface area contributed by atoms with Gasteiger partial charge < -0.3 is 13.8 Å². The van der Waals surface area contributed by atoms with Crippen LogP contribution in [0.4, 0.5) is 0 Å². The second kappa shape index (κ2) is 5.86. The molecule has 0 radical (unpaired) electrons. The fourth-order valence-corrected chi connectivity index (χ4v) is 3.82. The lowest BCUT2D eigenvalue weighted by atomic mass is 10.3. The zero-order valence-electron chi connectivity index (χ0n) is 12.7. The van der Waals surface area contributed by atoms with Crippen molar-refractivity contribution in [3.63, 3.8) is 0 Å². The standard InChI is InChI=1S/C14H19N3O4S/c1-3-16-6-8-17(9-7-16)22(18,19)14-5-4-12(20-14)13-10-11(2)15-21-13/h4-5,10H,3,6-9H2,1-2H3. The Kier molecular flexibility index (Phi) is 4.07. The molecule has 0 N–H and O–H groups in total. The molecule has 1 aliphatic heterocycles. The van der Waals surface area contributed by atoms with Gasteiger partial charge in [-0.3, -0.25) is 0 Å². The van der Waals surface area contributed by atoms with Gasteiger partial charge in [-0.2, -0.15) is 4.31 Å². The highest BCUT2D eigenvalue weighted by Gasteiger charge is 2.31. The van der Waals surface area contributed by atoms with E-state index >= 15 is 0 Å². The highest BCUT2D eigenvalue weighted by Crippen LogP contribution is 2.27. The van der Waals surface area contributed by atoms with Crippen molar-refractivity contribution in [1.29, 1.82) is 0 Å². The van der Waals surface area contributed by atoms with E-state index in [0.29, 0.717) is 30.3 Å². The van der Waals surface area contributed by atoms with Crippen molar-refractivity contribution in [3.05, 3.63) is 23.9 Å². The van der Waals surface area contributed by atoms with Gasteiger partial charge in [0.1, 0.15) is 0 Å². The number of nitrogens with zero attached hydrogens (tertiary/aromatic N) is 3. The number of aryl methyl sites for hydroxylation is 1. The molecule has 22 heavy (non-hydrogen) atoms. The Hall–Kier alpha value is -1.64. The number of hydrogen-bond acceptors (Lipinski definition) is 6. The van der Waals surface area contributed by atoms with Crippen molar-refractivity contribution >= 4 is 10.0 Å². The van der Waals surface area contributed by atoms with Gasteiger partial charge >= 0.3 is 0 Å². The van der Waals surface area contributed by atoms with E-state index in [4.69, 9.17) is 8.94 Å². The first-order chi connectivity index (χ1) is 10.5. The van der Waals surface area contributed by atoms with Crippen LogP contribution in [-0.2, 0) is 10.0 Å². The molecule has 7 nitrogen and oxygen atoms in total. The first kappa shape index (κ1) is 15.3. The normalized spacial score (nSPS) is 17.9. The molecule has 120 valence electrons. The molecule has 0 unspecified atom stereocenters. The number of rotatable bonds is 4. The molecule has 0 saturated carbocycles. The van der Waals surface area contributed by atoms with Crippen LogP contribution in [0.2, 0.25) is 0 Å². The van der Waals surface area contributed by atoms with Crippen LogP contribution < -0.4 is 0 Å². The van der Waals surface area contributed by atoms with Gasteiger partial charge in [0.05, 0.1) is 5.69 Å². The van der Waals surface area contributed by atoms with E-state index in [2.05, 4.69) is 17.0 Å². The van der Waals surface area contributed by atoms with E-state index in [9.17, 15) is 8.42 Å². The molecule has 2 aromatic heterocycles. The third-order valence-electron chi connectivity index (χ3n) is 3.82. The number of sulfonamides is 1. The molecule has 0 spiro atoms. The number of furan rings is 1. The predicted molar refractivity (Wildman–Crippen MR) is 79.8 cm³/mol. The third kappa shape index (κ3) is 2.81. The van der Waals surface area contributed by atoms with Crippen LogP contribution in [0.3, 0.4) is 0 Å². The smallest absolute Gasteiger partial charge is 0.276 e. The minimum absolute atomic E-state index is 0.0542. The highest BCUT2D eigenvalue weighted by molar-refractivity contribution is 7.89. The summed E-state index contributed by atoms with van der Waals surface area (Å²) in [5, 5.41) is 3.72. The second-order valence-electron chi connectivity index (χ2n) is 5.29. The van der Waals surface area contributed by atoms with Gasteiger partial charge in [-0.1, -0.05) is 12.1 Å². The topological polar surface area (TPSA) is 79.8 Å². The van der Waals surface area contributed by atoms with Crippen LogP contribution in [0, 0.1) is 6.92 Å². The number of piperazine rings is 1. The highest BCUT2D eigenvalue weighted by atomic mass is 32.2. The van der Waals surface area contributed by atoms with E-state index in [1.807, 2.05) is 0 Å². The Morgan fingerprint density at radius 3 is 2.50 bits per heavy atom. The number of hydrogen-bond donors (Lipinski definition) is 0.